The third-order valence-electron chi connectivity index (χ3n) is 12.8. The lowest BCUT2D eigenvalue weighted by atomic mass is 9.93. The van der Waals surface area contributed by atoms with Gasteiger partial charge in [0, 0.05) is 33.0 Å². The van der Waals surface area contributed by atoms with Crippen molar-refractivity contribution < 1.29 is 4.42 Å². The largest absolute Gasteiger partial charge is 0.455 e. The number of furan rings is 1. The van der Waals surface area contributed by atoms with E-state index in [4.69, 9.17) is 19.4 Å². The highest BCUT2D eigenvalue weighted by molar-refractivity contribution is 6.10. The van der Waals surface area contributed by atoms with Gasteiger partial charge in [-0.15, -0.1) is 0 Å². The average molecular weight is 870 g/mol. The van der Waals surface area contributed by atoms with E-state index < -0.39 is 0 Å². The van der Waals surface area contributed by atoms with Crippen LogP contribution in [0.4, 0.5) is 0 Å². The Morgan fingerprint density at radius 3 is 1.47 bits per heavy atom. The van der Waals surface area contributed by atoms with E-state index in [-0.39, 0.29) is 0 Å². The summed E-state index contributed by atoms with van der Waals surface area (Å²) in [5.41, 5.74) is 18.0. The Morgan fingerprint density at radius 1 is 0.324 bits per heavy atom. The normalized spacial score (nSPS) is 12.5. The van der Waals surface area contributed by atoms with Crippen LogP contribution in [-0.4, -0.2) is 15.0 Å². The Hall–Kier alpha value is -8.99. The number of hydrogen-bond acceptors (Lipinski definition) is 4. The Balaban J connectivity index is 0.944. The van der Waals surface area contributed by atoms with Crippen LogP contribution in [0.25, 0.3) is 111 Å². The molecule has 0 atom stereocenters. The lowest BCUT2D eigenvalue weighted by Gasteiger charge is -2.15. The van der Waals surface area contributed by atoms with Gasteiger partial charge < -0.3 is 4.42 Å². The fourth-order valence-corrected chi connectivity index (χ4v) is 9.34. The van der Waals surface area contributed by atoms with Crippen LogP contribution >= 0.6 is 0 Å². The highest BCUT2D eigenvalue weighted by Gasteiger charge is 2.20. The van der Waals surface area contributed by atoms with E-state index in [0.717, 1.165) is 95.1 Å². The molecule has 2 heterocycles. The van der Waals surface area contributed by atoms with E-state index in [2.05, 4.69) is 237 Å². The van der Waals surface area contributed by atoms with E-state index in [1.54, 1.807) is 0 Å². The monoisotopic (exact) mass is 869 g/mol. The smallest absolute Gasteiger partial charge is 0.164 e. The molecule has 4 nitrogen and oxygen atoms in total. The molecule has 68 heavy (non-hydrogen) atoms. The van der Waals surface area contributed by atoms with Crippen LogP contribution in [0.15, 0.2) is 253 Å². The van der Waals surface area contributed by atoms with E-state index in [1.807, 2.05) is 12.1 Å². The minimum atomic E-state index is 0.605. The van der Waals surface area contributed by atoms with Gasteiger partial charge in [0.25, 0.3) is 0 Å². The zero-order chi connectivity index (χ0) is 45.2. The molecule has 0 fully saturated rings. The molecule has 0 saturated heterocycles. The van der Waals surface area contributed by atoms with Crippen LogP contribution in [0, 0.1) is 0 Å². The van der Waals surface area contributed by atoms with Crippen LogP contribution in [0.2, 0.25) is 0 Å². The zero-order valence-electron chi connectivity index (χ0n) is 37.1. The molecular formula is C64H43N3O. The molecule has 12 rings (SSSR count). The van der Waals surface area contributed by atoms with Gasteiger partial charge in [0.2, 0.25) is 0 Å². The van der Waals surface area contributed by atoms with Crippen molar-refractivity contribution in [3.05, 3.63) is 260 Å². The molecule has 0 saturated carbocycles. The van der Waals surface area contributed by atoms with Gasteiger partial charge in [-0.2, -0.15) is 0 Å². The van der Waals surface area contributed by atoms with Gasteiger partial charge in [0.1, 0.15) is 11.2 Å². The molecule has 0 amide bonds. The highest BCUT2D eigenvalue weighted by atomic mass is 16.3. The lowest BCUT2D eigenvalue weighted by molar-refractivity contribution is 0.670. The number of nitrogens with zero attached hydrogens (tertiary/aromatic N) is 3. The summed E-state index contributed by atoms with van der Waals surface area (Å²) in [4.78, 5) is 15.9. The summed E-state index contributed by atoms with van der Waals surface area (Å²) in [5.74, 6) is 1.84. The van der Waals surface area contributed by atoms with Crippen molar-refractivity contribution in [2.75, 3.05) is 0 Å². The number of benzene rings is 9. The predicted molar refractivity (Wildman–Crippen MR) is 281 cm³/mol. The molecular weight excluding hydrogens is 827 g/mol. The molecule has 0 aliphatic heterocycles. The van der Waals surface area contributed by atoms with Gasteiger partial charge in [0.05, 0.1) is 0 Å². The second-order valence-corrected chi connectivity index (χ2v) is 17.1. The third kappa shape index (κ3) is 7.95. The van der Waals surface area contributed by atoms with E-state index in [9.17, 15) is 0 Å². The molecule has 0 bridgehead atoms. The Bertz CT molecular complexity index is 3750. The van der Waals surface area contributed by atoms with E-state index in [0.29, 0.717) is 17.5 Å². The van der Waals surface area contributed by atoms with Gasteiger partial charge in [-0.3, -0.25) is 0 Å². The van der Waals surface area contributed by atoms with Crippen molar-refractivity contribution in [2.45, 2.75) is 6.42 Å². The van der Waals surface area contributed by atoms with Crippen molar-refractivity contribution in [2.24, 2.45) is 0 Å². The number of para-hydroxylation sites is 2. The van der Waals surface area contributed by atoms with Gasteiger partial charge in [-0.05, 0) is 98.0 Å². The molecule has 320 valence electrons. The number of allylic oxidation sites excluding steroid dienone is 6. The van der Waals surface area contributed by atoms with Crippen LogP contribution in [-0.2, 0) is 0 Å². The number of fused-ring (bicyclic) bond motifs is 3. The fraction of sp³-hybridized carbons (Fsp3) is 0.0156. The van der Waals surface area contributed by atoms with Gasteiger partial charge in [-0.1, -0.05) is 218 Å². The highest BCUT2D eigenvalue weighted by Crippen LogP contribution is 2.39. The summed E-state index contributed by atoms with van der Waals surface area (Å²) in [6.07, 6.45) is 9.48. The van der Waals surface area contributed by atoms with Crippen molar-refractivity contribution in [3.63, 3.8) is 0 Å². The fourth-order valence-electron chi connectivity index (χ4n) is 9.34. The van der Waals surface area contributed by atoms with Crippen molar-refractivity contribution in [3.8, 4) is 78.4 Å². The maximum atomic E-state index is 6.43. The van der Waals surface area contributed by atoms with Gasteiger partial charge in [0.15, 0.2) is 17.5 Å². The first-order valence-corrected chi connectivity index (χ1v) is 23.1. The molecule has 0 radical (unpaired) electrons. The standard InChI is InChI=1S/C64H43N3O/c1-4-17-43(18-5-1)47-21-12-24-50(39-47)51-25-15-28-54(42-51)63-65-62(66-64(67-63)59-31-9-3-8-29-55(59)52-26-13-22-48(40-52)44-19-6-2-7-20-44)46-37-35-45(36-38-46)49-23-14-27-53(41-49)56-32-16-33-58-57-30-10-11-34-60(57)68-61(56)58/h1-8,10-42H,9H2. The maximum absolute atomic E-state index is 6.43. The summed E-state index contributed by atoms with van der Waals surface area (Å²) < 4.78 is 6.43. The molecule has 0 N–H and O–H groups in total. The summed E-state index contributed by atoms with van der Waals surface area (Å²) in [5, 5.41) is 2.24. The van der Waals surface area contributed by atoms with E-state index in [1.165, 1.54) is 16.7 Å². The third-order valence-corrected chi connectivity index (χ3v) is 12.8. The molecule has 2 aromatic heterocycles. The number of aromatic nitrogens is 3. The van der Waals surface area contributed by atoms with Crippen molar-refractivity contribution >= 4 is 33.1 Å². The van der Waals surface area contributed by atoms with E-state index >= 15 is 0 Å². The minimum absolute atomic E-state index is 0.605. The average Bonchev–Trinajstić information content (AvgIpc) is 3.62. The number of rotatable bonds is 9. The van der Waals surface area contributed by atoms with Crippen LogP contribution in [0.5, 0.6) is 0 Å². The maximum Gasteiger partial charge on any atom is 0.164 e. The first-order valence-electron chi connectivity index (χ1n) is 23.1. The molecule has 9 aromatic carbocycles. The summed E-state index contributed by atoms with van der Waals surface area (Å²) >= 11 is 0. The first-order chi connectivity index (χ1) is 33.7. The Labute approximate surface area is 395 Å². The van der Waals surface area contributed by atoms with Crippen LogP contribution in [0.1, 0.15) is 17.8 Å². The molecule has 0 spiro atoms. The van der Waals surface area contributed by atoms with Gasteiger partial charge in [-0.25, -0.2) is 15.0 Å². The first kappa shape index (κ1) is 40.5. The number of hydrogen-bond donors (Lipinski definition) is 0. The summed E-state index contributed by atoms with van der Waals surface area (Å²) in [6.45, 7) is 0. The molecule has 1 aliphatic carbocycles. The van der Waals surface area contributed by atoms with Crippen molar-refractivity contribution in [1.82, 2.24) is 15.0 Å². The zero-order valence-corrected chi connectivity index (χ0v) is 37.1. The lowest BCUT2D eigenvalue weighted by Crippen LogP contribution is -2.04. The van der Waals surface area contributed by atoms with Gasteiger partial charge >= 0.3 is 0 Å². The summed E-state index contributed by atoms with van der Waals surface area (Å²) in [7, 11) is 0. The summed E-state index contributed by atoms with van der Waals surface area (Å²) in [6, 6.07) is 78.8. The second-order valence-electron chi connectivity index (χ2n) is 17.1. The topological polar surface area (TPSA) is 51.8 Å². The second kappa shape index (κ2) is 17.8. The molecule has 4 heteroatoms. The predicted octanol–water partition coefficient (Wildman–Crippen LogP) is 16.9. The Kier molecular flexibility index (Phi) is 10.6. The Morgan fingerprint density at radius 2 is 0.779 bits per heavy atom. The van der Waals surface area contributed by atoms with Crippen LogP contribution in [0.3, 0.4) is 0 Å². The quantitative estimate of drug-likeness (QED) is 0.145. The van der Waals surface area contributed by atoms with Crippen LogP contribution < -0.4 is 0 Å². The molecule has 0 unspecified atom stereocenters. The molecule has 11 aromatic rings. The minimum Gasteiger partial charge on any atom is -0.455 e. The van der Waals surface area contributed by atoms with Crippen molar-refractivity contribution in [1.29, 1.82) is 0 Å². The molecule has 1 aliphatic rings. The SMILES string of the molecule is C1=CCC=C(c2nc(-c3ccc(-c4cccc(-c5cccc6c5oc5ccccc56)c4)cc3)nc(-c3cccc(-c4cccc(-c5ccccc5)c4)c3)n2)C(c2cccc(-c3ccccc3)c2)=C1.